The lowest BCUT2D eigenvalue weighted by Gasteiger charge is -2.36. The van der Waals surface area contributed by atoms with Crippen LogP contribution in [0.3, 0.4) is 0 Å². The van der Waals surface area contributed by atoms with Gasteiger partial charge in [-0.1, -0.05) is 48.0 Å². The maximum absolute atomic E-state index is 12.9. The Balaban J connectivity index is 2.18. The van der Waals surface area contributed by atoms with E-state index in [1.54, 1.807) is 0 Å². The van der Waals surface area contributed by atoms with Crippen molar-refractivity contribution >= 4 is 22.0 Å². The molecule has 1 heterocycles. The largest absolute Gasteiger partial charge is 0.444 e. The number of carbonyl (C=O) groups is 1. The van der Waals surface area contributed by atoms with Crippen molar-refractivity contribution in [2.24, 2.45) is 5.92 Å². The number of alkyl halides is 1. The van der Waals surface area contributed by atoms with Crippen LogP contribution in [0.4, 0.5) is 4.79 Å². The monoisotopic (exact) mass is 403 g/mol. The summed E-state index contributed by atoms with van der Waals surface area (Å²) in [6, 6.07) is 0.107. The summed E-state index contributed by atoms with van der Waals surface area (Å²) in [5, 5.41) is 0.886. The summed E-state index contributed by atoms with van der Waals surface area (Å²) in [6.45, 7) is 9.72. The van der Waals surface area contributed by atoms with E-state index in [0.29, 0.717) is 5.92 Å². The third kappa shape index (κ3) is 5.10. The van der Waals surface area contributed by atoms with Gasteiger partial charge in [-0.15, -0.1) is 0 Å². The average Bonchev–Trinajstić information content (AvgIpc) is 2.69. The predicted octanol–water partition coefficient (Wildman–Crippen LogP) is 5.48. The molecule has 0 aromatic carbocycles. The Morgan fingerprint density at radius 3 is 2.42 bits per heavy atom. The molecule has 2 aliphatic rings. The fourth-order valence-corrected chi connectivity index (χ4v) is 4.57. The van der Waals surface area contributed by atoms with Gasteiger partial charge in [0.2, 0.25) is 0 Å². The van der Waals surface area contributed by atoms with E-state index < -0.39 is 11.3 Å². The first kappa shape index (κ1) is 20.0. The average molecular weight is 404 g/mol. The van der Waals surface area contributed by atoms with Crippen LogP contribution < -0.4 is 0 Å². The third-order valence-corrected chi connectivity index (χ3v) is 5.52. The Kier molecular flexibility index (Phi) is 6.63. The van der Waals surface area contributed by atoms with Crippen LogP contribution in [0.25, 0.3) is 0 Å². The summed E-state index contributed by atoms with van der Waals surface area (Å²) in [5.74, 6) is 0.698. The van der Waals surface area contributed by atoms with E-state index in [1.165, 1.54) is 32.1 Å². The Bertz CT molecular complexity index is 427. The molecule has 1 saturated carbocycles. The van der Waals surface area contributed by atoms with Gasteiger partial charge in [-0.05, 0) is 53.4 Å². The van der Waals surface area contributed by atoms with Crippen LogP contribution in [-0.4, -0.2) is 39.8 Å². The second-order valence-electron chi connectivity index (χ2n) is 8.74. The van der Waals surface area contributed by atoms with E-state index in [1.807, 2.05) is 39.5 Å². The molecule has 1 aliphatic heterocycles. The first-order chi connectivity index (χ1) is 11.1. The Labute approximate surface area is 155 Å². The molecule has 5 heteroatoms. The minimum absolute atomic E-state index is 0.0776. The zero-order valence-electron chi connectivity index (χ0n) is 15.9. The first-order valence-corrected chi connectivity index (χ1v) is 10.5. The number of nitrogens with zero attached hydrogens (tertiary/aromatic N) is 1. The van der Waals surface area contributed by atoms with Gasteiger partial charge in [0.25, 0.3) is 0 Å². The van der Waals surface area contributed by atoms with Crippen molar-refractivity contribution in [1.82, 2.24) is 4.90 Å². The molecule has 2 rings (SSSR count). The van der Waals surface area contributed by atoms with Crippen molar-refractivity contribution in [1.29, 1.82) is 0 Å². The molecule has 0 N–H and O–H groups in total. The molecule has 0 bridgehead atoms. The van der Waals surface area contributed by atoms with Gasteiger partial charge in [-0.25, -0.2) is 4.79 Å². The van der Waals surface area contributed by atoms with Crippen LogP contribution in [-0.2, 0) is 9.47 Å². The summed E-state index contributed by atoms with van der Waals surface area (Å²) >= 11 is 3.54. The van der Waals surface area contributed by atoms with E-state index in [0.717, 1.165) is 18.2 Å². The van der Waals surface area contributed by atoms with Gasteiger partial charge in [-0.2, -0.15) is 0 Å². The van der Waals surface area contributed by atoms with Crippen molar-refractivity contribution in [3.63, 3.8) is 0 Å². The lowest BCUT2D eigenvalue weighted by Crippen LogP contribution is -2.50. The second kappa shape index (κ2) is 7.94. The molecule has 24 heavy (non-hydrogen) atoms. The number of hydrogen-bond donors (Lipinski definition) is 0. The summed E-state index contributed by atoms with van der Waals surface area (Å²) in [4.78, 5) is 14.8. The first-order valence-electron chi connectivity index (χ1n) is 9.40. The molecule has 0 aromatic heterocycles. The molecule has 1 amide bonds. The fourth-order valence-electron chi connectivity index (χ4n) is 4.12. The van der Waals surface area contributed by atoms with Gasteiger partial charge in [0.1, 0.15) is 11.3 Å². The van der Waals surface area contributed by atoms with Crippen LogP contribution in [0.2, 0.25) is 0 Å². The Morgan fingerprint density at radius 1 is 1.25 bits per heavy atom. The zero-order chi connectivity index (χ0) is 18.0. The molecule has 1 saturated heterocycles. The second-order valence-corrected chi connectivity index (χ2v) is 9.53. The third-order valence-electron chi connectivity index (χ3n) is 5.06. The van der Waals surface area contributed by atoms with Gasteiger partial charge in [0.05, 0.1) is 12.1 Å². The van der Waals surface area contributed by atoms with E-state index in [4.69, 9.17) is 9.47 Å². The van der Waals surface area contributed by atoms with Crippen LogP contribution in [0, 0.1) is 5.92 Å². The fraction of sp³-hybridized carbons (Fsp3) is 0.947. The van der Waals surface area contributed by atoms with Gasteiger partial charge in [0.15, 0.2) is 0 Å². The normalized spacial score (nSPS) is 28.2. The molecule has 2 unspecified atom stereocenters. The minimum atomic E-state index is -0.617. The van der Waals surface area contributed by atoms with Crippen molar-refractivity contribution in [3.8, 4) is 0 Å². The van der Waals surface area contributed by atoms with Crippen molar-refractivity contribution in [2.75, 3.05) is 5.33 Å². The van der Waals surface area contributed by atoms with Gasteiger partial charge in [0, 0.05) is 5.33 Å². The molecule has 1 aliphatic carbocycles. The van der Waals surface area contributed by atoms with Gasteiger partial charge < -0.3 is 9.47 Å². The zero-order valence-corrected chi connectivity index (χ0v) is 17.5. The van der Waals surface area contributed by atoms with E-state index in [2.05, 4.69) is 15.9 Å². The molecular weight excluding hydrogens is 370 g/mol. The van der Waals surface area contributed by atoms with Crippen LogP contribution in [0.1, 0.15) is 79.6 Å². The molecule has 2 atom stereocenters. The number of rotatable bonds is 4. The maximum Gasteiger partial charge on any atom is 0.412 e. The van der Waals surface area contributed by atoms with Crippen LogP contribution >= 0.6 is 15.9 Å². The number of hydrogen-bond acceptors (Lipinski definition) is 3. The Morgan fingerprint density at radius 2 is 1.88 bits per heavy atom. The summed E-state index contributed by atoms with van der Waals surface area (Å²) < 4.78 is 12.0. The number of halogens is 1. The quantitative estimate of drug-likeness (QED) is 0.582. The molecule has 140 valence electrons. The lowest BCUT2D eigenvalue weighted by molar-refractivity contribution is -0.0790. The van der Waals surface area contributed by atoms with Gasteiger partial charge in [-0.3, -0.25) is 4.90 Å². The van der Waals surface area contributed by atoms with Crippen molar-refractivity contribution in [2.45, 2.75) is 103 Å². The topological polar surface area (TPSA) is 38.8 Å². The molecule has 2 fully saturated rings. The van der Waals surface area contributed by atoms with Crippen molar-refractivity contribution in [3.05, 3.63) is 0 Å². The molecular formula is C19H34BrNO3. The molecule has 0 aromatic rings. The number of ether oxygens (including phenoxy) is 2. The smallest absolute Gasteiger partial charge is 0.412 e. The highest BCUT2D eigenvalue weighted by Crippen LogP contribution is 2.40. The number of amides is 1. The van der Waals surface area contributed by atoms with E-state index >= 15 is 0 Å². The SMILES string of the molecule is CC(C)(C)OC(=O)N1C(CC2CCCCC2)C(CCBr)OC1(C)C. The van der Waals surface area contributed by atoms with E-state index in [-0.39, 0.29) is 18.2 Å². The van der Waals surface area contributed by atoms with Gasteiger partial charge >= 0.3 is 6.09 Å². The summed E-state index contributed by atoms with van der Waals surface area (Å²) in [7, 11) is 0. The standard InChI is InChI=1S/C19H34BrNO3/c1-18(2,3)24-17(22)21-15(13-14-9-7-6-8-10-14)16(11-12-20)23-19(21,4)5/h14-16H,6-13H2,1-5H3. The van der Waals surface area contributed by atoms with Crippen LogP contribution in [0.5, 0.6) is 0 Å². The summed E-state index contributed by atoms with van der Waals surface area (Å²) in [5.41, 5.74) is -1.11. The number of carbonyl (C=O) groups excluding carboxylic acids is 1. The summed E-state index contributed by atoms with van der Waals surface area (Å²) in [6.07, 6.45) is 8.32. The minimum Gasteiger partial charge on any atom is -0.444 e. The predicted molar refractivity (Wildman–Crippen MR) is 100 cm³/mol. The van der Waals surface area contributed by atoms with Crippen molar-refractivity contribution < 1.29 is 14.3 Å². The maximum atomic E-state index is 12.9. The van der Waals surface area contributed by atoms with Crippen LogP contribution in [0.15, 0.2) is 0 Å². The Hall–Kier alpha value is -0.290. The highest BCUT2D eigenvalue weighted by molar-refractivity contribution is 9.09. The molecule has 0 spiro atoms. The van der Waals surface area contributed by atoms with E-state index in [9.17, 15) is 4.79 Å². The molecule has 4 nitrogen and oxygen atoms in total. The highest BCUT2D eigenvalue weighted by atomic mass is 79.9. The highest BCUT2D eigenvalue weighted by Gasteiger charge is 2.51. The molecule has 0 radical (unpaired) electrons. The lowest BCUT2D eigenvalue weighted by atomic mass is 9.83.